The third-order valence-corrected chi connectivity index (χ3v) is 4.17. The number of aromatic amines is 1. The Kier molecular flexibility index (Phi) is 2.78. The summed E-state index contributed by atoms with van der Waals surface area (Å²) in [5.74, 6) is 2.96. The maximum Gasteiger partial charge on any atom is 0.220 e. The summed E-state index contributed by atoms with van der Waals surface area (Å²) in [7, 11) is 0. The van der Waals surface area contributed by atoms with Gasteiger partial charge < -0.3 is 5.32 Å². The zero-order valence-corrected chi connectivity index (χ0v) is 9.72. The lowest BCUT2D eigenvalue weighted by Crippen LogP contribution is -2.27. The monoisotopic (exact) mass is 235 g/mol. The summed E-state index contributed by atoms with van der Waals surface area (Å²) in [5.41, 5.74) is 0. The Bertz CT molecular complexity index is 391. The molecule has 0 aliphatic heterocycles. The fraction of sp³-hybridized carbons (Fsp3) is 0.818. The molecule has 0 radical (unpaired) electrons. The summed E-state index contributed by atoms with van der Waals surface area (Å²) < 4.78 is 0. The van der Waals surface area contributed by atoms with Crippen molar-refractivity contribution in [3.05, 3.63) is 5.82 Å². The zero-order chi connectivity index (χ0) is 11.7. The topological polar surface area (TPSA) is 83.6 Å². The van der Waals surface area contributed by atoms with E-state index >= 15 is 0 Å². The lowest BCUT2D eigenvalue weighted by atomic mass is 9.86. The van der Waals surface area contributed by atoms with Crippen LogP contribution in [0.2, 0.25) is 0 Å². The van der Waals surface area contributed by atoms with Crippen LogP contribution in [0.4, 0.5) is 0 Å². The summed E-state index contributed by atoms with van der Waals surface area (Å²) in [6.07, 6.45) is 5.97. The number of tetrazole rings is 1. The molecule has 2 N–H and O–H groups in total. The summed E-state index contributed by atoms with van der Waals surface area (Å²) in [6.45, 7) is 0.371. The molecule has 3 atom stereocenters. The van der Waals surface area contributed by atoms with Gasteiger partial charge in [0, 0.05) is 6.42 Å². The van der Waals surface area contributed by atoms with Crippen molar-refractivity contribution >= 4 is 5.91 Å². The molecule has 0 aromatic carbocycles. The van der Waals surface area contributed by atoms with Crippen LogP contribution in [0.5, 0.6) is 0 Å². The second kappa shape index (κ2) is 4.43. The minimum atomic E-state index is 0.118. The highest BCUT2D eigenvalue weighted by Crippen LogP contribution is 2.49. The van der Waals surface area contributed by atoms with Gasteiger partial charge in [-0.1, -0.05) is 11.6 Å². The highest BCUT2D eigenvalue weighted by molar-refractivity contribution is 5.76. The first kappa shape index (κ1) is 10.7. The van der Waals surface area contributed by atoms with Crippen LogP contribution in [0.15, 0.2) is 0 Å². The third kappa shape index (κ3) is 2.30. The molecule has 1 heterocycles. The van der Waals surface area contributed by atoms with Gasteiger partial charge in [0.1, 0.15) is 0 Å². The molecule has 2 bridgehead atoms. The Morgan fingerprint density at radius 3 is 3.00 bits per heavy atom. The van der Waals surface area contributed by atoms with Gasteiger partial charge in [-0.15, -0.1) is 10.2 Å². The molecule has 1 aromatic heterocycles. The van der Waals surface area contributed by atoms with Gasteiger partial charge in [0.2, 0.25) is 5.91 Å². The molecule has 2 saturated carbocycles. The maximum absolute atomic E-state index is 11.8. The summed E-state index contributed by atoms with van der Waals surface area (Å²) in [4.78, 5) is 11.8. The smallest absolute Gasteiger partial charge is 0.220 e. The molecule has 2 aliphatic carbocycles. The molecule has 3 unspecified atom stereocenters. The number of fused-ring (bicyclic) bond motifs is 2. The Labute approximate surface area is 99.6 Å². The van der Waals surface area contributed by atoms with E-state index in [0.29, 0.717) is 24.7 Å². The summed E-state index contributed by atoms with van der Waals surface area (Å²) in [5, 5.41) is 16.3. The van der Waals surface area contributed by atoms with Crippen molar-refractivity contribution in [2.75, 3.05) is 0 Å². The minimum absolute atomic E-state index is 0.118. The van der Waals surface area contributed by atoms with E-state index in [1.165, 1.54) is 25.7 Å². The van der Waals surface area contributed by atoms with E-state index < -0.39 is 0 Å². The summed E-state index contributed by atoms with van der Waals surface area (Å²) in [6, 6.07) is 0. The lowest BCUT2D eigenvalue weighted by Gasteiger charge is -2.20. The van der Waals surface area contributed by atoms with Crippen LogP contribution in [0.3, 0.4) is 0 Å². The van der Waals surface area contributed by atoms with Gasteiger partial charge in [-0.2, -0.15) is 5.21 Å². The molecule has 6 heteroatoms. The van der Waals surface area contributed by atoms with Crippen LogP contribution >= 0.6 is 0 Å². The Morgan fingerprint density at radius 1 is 1.41 bits per heavy atom. The number of nitrogens with zero attached hydrogens (tertiary/aromatic N) is 3. The first-order valence-corrected chi connectivity index (χ1v) is 6.30. The van der Waals surface area contributed by atoms with E-state index in [1.807, 2.05) is 0 Å². The summed E-state index contributed by atoms with van der Waals surface area (Å²) >= 11 is 0. The largest absolute Gasteiger partial charge is 0.349 e. The molecule has 17 heavy (non-hydrogen) atoms. The SMILES string of the molecule is O=C(CC1CC2CCC1C2)NCc1nn[nH]n1. The third-order valence-electron chi connectivity index (χ3n) is 4.17. The quantitative estimate of drug-likeness (QED) is 0.802. The Balaban J connectivity index is 1.44. The fourth-order valence-electron chi connectivity index (χ4n) is 3.37. The zero-order valence-electron chi connectivity index (χ0n) is 9.72. The number of hydrogen-bond donors (Lipinski definition) is 2. The van der Waals surface area contributed by atoms with Gasteiger partial charge in [0.05, 0.1) is 6.54 Å². The Hall–Kier alpha value is -1.46. The van der Waals surface area contributed by atoms with Crippen LogP contribution in [0, 0.1) is 17.8 Å². The number of carbonyl (C=O) groups is 1. The predicted octanol–water partition coefficient (Wildman–Crippen LogP) is 0.642. The van der Waals surface area contributed by atoms with Gasteiger partial charge >= 0.3 is 0 Å². The molecule has 1 amide bonds. The van der Waals surface area contributed by atoms with E-state index in [2.05, 4.69) is 25.9 Å². The molecular formula is C11H17N5O. The van der Waals surface area contributed by atoms with Gasteiger partial charge in [0.15, 0.2) is 5.82 Å². The van der Waals surface area contributed by atoms with Crippen molar-refractivity contribution < 1.29 is 4.79 Å². The van der Waals surface area contributed by atoms with Gasteiger partial charge in [-0.3, -0.25) is 4.79 Å². The number of nitrogens with one attached hydrogen (secondary N) is 2. The van der Waals surface area contributed by atoms with Crippen molar-refractivity contribution in [3.63, 3.8) is 0 Å². The molecule has 6 nitrogen and oxygen atoms in total. The average molecular weight is 235 g/mol. The van der Waals surface area contributed by atoms with E-state index in [9.17, 15) is 4.79 Å². The number of carbonyl (C=O) groups excluding carboxylic acids is 1. The maximum atomic E-state index is 11.8. The normalized spacial score (nSPS) is 30.7. The van der Waals surface area contributed by atoms with Gasteiger partial charge in [0.25, 0.3) is 0 Å². The molecule has 92 valence electrons. The molecule has 0 spiro atoms. The fourth-order valence-corrected chi connectivity index (χ4v) is 3.37. The molecule has 0 saturated heterocycles. The van der Waals surface area contributed by atoms with Crippen molar-refractivity contribution in [1.29, 1.82) is 0 Å². The molecule has 1 aromatic rings. The van der Waals surface area contributed by atoms with E-state index in [1.54, 1.807) is 0 Å². The number of H-pyrrole nitrogens is 1. The average Bonchev–Trinajstić information content (AvgIpc) is 3.03. The second-order valence-corrected chi connectivity index (χ2v) is 5.24. The first-order chi connectivity index (χ1) is 8.31. The van der Waals surface area contributed by atoms with Crippen molar-refractivity contribution in [2.24, 2.45) is 17.8 Å². The van der Waals surface area contributed by atoms with Gasteiger partial charge in [-0.05, 0) is 37.0 Å². The number of amides is 1. The van der Waals surface area contributed by atoms with Crippen LogP contribution in [-0.2, 0) is 11.3 Å². The van der Waals surface area contributed by atoms with Crippen LogP contribution in [0.1, 0.15) is 37.9 Å². The van der Waals surface area contributed by atoms with E-state index in [0.717, 1.165) is 11.8 Å². The number of aromatic nitrogens is 4. The van der Waals surface area contributed by atoms with Crippen LogP contribution < -0.4 is 5.32 Å². The predicted molar refractivity (Wildman–Crippen MR) is 59.6 cm³/mol. The van der Waals surface area contributed by atoms with Gasteiger partial charge in [-0.25, -0.2) is 0 Å². The second-order valence-electron chi connectivity index (χ2n) is 5.24. The lowest BCUT2D eigenvalue weighted by molar-refractivity contribution is -0.122. The van der Waals surface area contributed by atoms with E-state index in [4.69, 9.17) is 0 Å². The van der Waals surface area contributed by atoms with Crippen LogP contribution in [0.25, 0.3) is 0 Å². The highest BCUT2D eigenvalue weighted by Gasteiger charge is 2.39. The Morgan fingerprint density at radius 2 is 2.35 bits per heavy atom. The molecular weight excluding hydrogens is 218 g/mol. The number of hydrogen-bond acceptors (Lipinski definition) is 4. The van der Waals surface area contributed by atoms with Crippen molar-refractivity contribution in [3.8, 4) is 0 Å². The molecule has 3 rings (SSSR count). The minimum Gasteiger partial charge on any atom is -0.349 e. The number of rotatable bonds is 4. The standard InChI is InChI=1S/C11H17N5O/c17-11(12-6-10-13-15-16-14-10)5-9-4-7-1-2-8(9)3-7/h7-9H,1-6H2,(H,12,17)(H,13,14,15,16). The highest BCUT2D eigenvalue weighted by atomic mass is 16.1. The van der Waals surface area contributed by atoms with Crippen molar-refractivity contribution in [2.45, 2.75) is 38.6 Å². The van der Waals surface area contributed by atoms with Crippen LogP contribution in [-0.4, -0.2) is 26.5 Å². The van der Waals surface area contributed by atoms with E-state index in [-0.39, 0.29) is 5.91 Å². The molecule has 2 aliphatic rings. The van der Waals surface area contributed by atoms with Crippen molar-refractivity contribution in [1.82, 2.24) is 25.9 Å². The first-order valence-electron chi connectivity index (χ1n) is 6.30. The molecule has 2 fully saturated rings.